The van der Waals surface area contributed by atoms with Crippen LogP contribution in [0.3, 0.4) is 0 Å². The lowest BCUT2D eigenvalue weighted by molar-refractivity contribution is 0.186. The predicted molar refractivity (Wildman–Crippen MR) is 84.2 cm³/mol. The van der Waals surface area contributed by atoms with Gasteiger partial charge in [-0.2, -0.15) is 0 Å². The minimum absolute atomic E-state index is 0.217. The first-order chi connectivity index (χ1) is 9.83. The van der Waals surface area contributed by atoms with Gasteiger partial charge in [-0.05, 0) is 31.5 Å². The predicted octanol–water partition coefficient (Wildman–Crippen LogP) is 3.78. The smallest absolute Gasteiger partial charge is 0.138 e. The zero-order valence-corrected chi connectivity index (χ0v) is 12.4. The van der Waals surface area contributed by atoms with Gasteiger partial charge in [0.2, 0.25) is 0 Å². The van der Waals surface area contributed by atoms with Crippen molar-refractivity contribution in [3.8, 4) is 5.75 Å². The summed E-state index contributed by atoms with van der Waals surface area (Å²) in [5, 5.41) is 4.56. The van der Waals surface area contributed by atoms with E-state index in [2.05, 4.69) is 36.3 Å². The molecule has 0 aliphatic carbocycles. The number of fused-ring (bicyclic) bond motifs is 1. The second-order valence-electron chi connectivity index (χ2n) is 5.10. The first kappa shape index (κ1) is 14.8. The van der Waals surface area contributed by atoms with E-state index in [9.17, 15) is 0 Å². The second-order valence-corrected chi connectivity index (χ2v) is 5.10. The lowest BCUT2D eigenvalue weighted by Crippen LogP contribution is -2.31. The number of para-hydroxylation sites is 1. The normalized spacial score (nSPS) is 12.5. The number of nitrogens with one attached hydrogen (secondary N) is 1. The van der Waals surface area contributed by atoms with E-state index in [1.807, 2.05) is 24.4 Å². The molecule has 3 heteroatoms. The molecule has 1 unspecified atom stereocenters. The lowest BCUT2D eigenvalue weighted by Gasteiger charge is -2.19. The van der Waals surface area contributed by atoms with Gasteiger partial charge in [0.15, 0.2) is 0 Å². The fraction of sp³-hybridized carbons (Fsp3) is 0.471. The third kappa shape index (κ3) is 4.20. The summed E-state index contributed by atoms with van der Waals surface area (Å²) in [6, 6.07) is 10.2. The Bertz CT molecular complexity index is 527. The van der Waals surface area contributed by atoms with Crippen molar-refractivity contribution in [1.82, 2.24) is 10.3 Å². The topological polar surface area (TPSA) is 34.1 Å². The largest absolute Gasteiger partial charge is 0.487 e. The van der Waals surface area contributed by atoms with Gasteiger partial charge >= 0.3 is 0 Å². The van der Waals surface area contributed by atoms with Gasteiger partial charge in [0.1, 0.15) is 11.9 Å². The minimum atomic E-state index is 0.217. The highest BCUT2D eigenvalue weighted by atomic mass is 16.5. The highest BCUT2D eigenvalue weighted by Gasteiger charge is 2.09. The number of pyridine rings is 1. The molecule has 0 aliphatic heterocycles. The first-order valence-electron chi connectivity index (χ1n) is 7.55. The van der Waals surface area contributed by atoms with Crippen molar-refractivity contribution < 1.29 is 4.74 Å². The fourth-order valence-corrected chi connectivity index (χ4v) is 2.27. The lowest BCUT2D eigenvalue weighted by atomic mass is 10.2. The van der Waals surface area contributed by atoms with Gasteiger partial charge in [-0.3, -0.25) is 4.98 Å². The number of ether oxygens (including phenoxy) is 1. The van der Waals surface area contributed by atoms with Crippen LogP contribution in [0, 0.1) is 0 Å². The molecule has 0 aliphatic rings. The first-order valence-corrected chi connectivity index (χ1v) is 7.55. The number of hydrogen-bond donors (Lipinski definition) is 1. The summed E-state index contributed by atoms with van der Waals surface area (Å²) in [5.74, 6) is 0.862. The van der Waals surface area contributed by atoms with Crippen LogP contribution < -0.4 is 10.1 Å². The molecule has 20 heavy (non-hydrogen) atoms. The molecule has 1 N–H and O–H groups in total. The average Bonchev–Trinajstić information content (AvgIpc) is 2.47. The zero-order valence-electron chi connectivity index (χ0n) is 12.4. The van der Waals surface area contributed by atoms with Crippen LogP contribution >= 0.6 is 0 Å². The molecule has 108 valence electrons. The number of benzene rings is 1. The molecule has 0 amide bonds. The molecule has 1 aromatic carbocycles. The number of aromatic nitrogens is 1. The maximum atomic E-state index is 6.08. The Hall–Kier alpha value is -1.61. The van der Waals surface area contributed by atoms with Gasteiger partial charge in [-0.1, -0.05) is 38.5 Å². The molecule has 0 saturated carbocycles. The zero-order chi connectivity index (χ0) is 14.2. The Balaban J connectivity index is 2.03. The SMILES string of the molecule is CCCNCC(CCC)Oc1cnc2ccccc2c1. The molecule has 1 aromatic heterocycles. The Kier molecular flexibility index (Phi) is 5.81. The Morgan fingerprint density at radius 3 is 2.85 bits per heavy atom. The maximum Gasteiger partial charge on any atom is 0.138 e. The van der Waals surface area contributed by atoms with Crippen molar-refractivity contribution in [2.24, 2.45) is 0 Å². The highest BCUT2D eigenvalue weighted by Crippen LogP contribution is 2.19. The van der Waals surface area contributed by atoms with Gasteiger partial charge in [0.25, 0.3) is 0 Å². The number of hydrogen-bond acceptors (Lipinski definition) is 3. The molecule has 2 aromatic rings. The molecule has 2 rings (SSSR count). The molecule has 0 radical (unpaired) electrons. The van der Waals surface area contributed by atoms with Gasteiger partial charge in [0, 0.05) is 11.9 Å². The Morgan fingerprint density at radius 1 is 1.20 bits per heavy atom. The molecule has 0 fully saturated rings. The Morgan fingerprint density at radius 2 is 2.05 bits per heavy atom. The fourth-order valence-electron chi connectivity index (χ4n) is 2.27. The van der Waals surface area contributed by atoms with Crippen LogP contribution in [0.5, 0.6) is 5.75 Å². The maximum absolute atomic E-state index is 6.08. The summed E-state index contributed by atoms with van der Waals surface area (Å²) in [7, 11) is 0. The van der Waals surface area contributed by atoms with Gasteiger partial charge < -0.3 is 10.1 Å². The van der Waals surface area contributed by atoms with E-state index in [0.717, 1.165) is 49.0 Å². The third-order valence-corrected chi connectivity index (χ3v) is 3.28. The number of rotatable bonds is 8. The van der Waals surface area contributed by atoms with Crippen LogP contribution in [-0.2, 0) is 0 Å². The molecule has 0 bridgehead atoms. The third-order valence-electron chi connectivity index (χ3n) is 3.28. The van der Waals surface area contributed by atoms with E-state index in [-0.39, 0.29) is 6.10 Å². The highest BCUT2D eigenvalue weighted by molar-refractivity contribution is 5.79. The van der Waals surface area contributed by atoms with E-state index >= 15 is 0 Å². The molecule has 1 atom stereocenters. The monoisotopic (exact) mass is 272 g/mol. The van der Waals surface area contributed by atoms with Crippen molar-refractivity contribution in [3.05, 3.63) is 36.5 Å². The van der Waals surface area contributed by atoms with Gasteiger partial charge in [0.05, 0.1) is 11.7 Å². The van der Waals surface area contributed by atoms with E-state index in [4.69, 9.17) is 4.74 Å². The van der Waals surface area contributed by atoms with Crippen molar-refractivity contribution in [3.63, 3.8) is 0 Å². The number of nitrogens with zero attached hydrogens (tertiary/aromatic N) is 1. The summed E-state index contributed by atoms with van der Waals surface area (Å²) in [4.78, 5) is 4.45. The van der Waals surface area contributed by atoms with Crippen molar-refractivity contribution in [2.75, 3.05) is 13.1 Å². The summed E-state index contributed by atoms with van der Waals surface area (Å²) in [6.45, 7) is 6.30. The van der Waals surface area contributed by atoms with E-state index < -0.39 is 0 Å². The van der Waals surface area contributed by atoms with E-state index in [1.54, 1.807) is 0 Å². The van der Waals surface area contributed by atoms with Crippen LogP contribution in [0.2, 0.25) is 0 Å². The quantitative estimate of drug-likeness (QED) is 0.743. The van der Waals surface area contributed by atoms with Crippen LogP contribution in [0.1, 0.15) is 33.1 Å². The van der Waals surface area contributed by atoms with Crippen LogP contribution in [0.15, 0.2) is 36.5 Å². The van der Waals surface area contributed by atoms with Crippen molar-refractivity contribution in [2.45, 2.75) is 39.2 Å². The molecule has 3 nitrogen and oxygen atoms in total. The van der Waals surface area contributed by atoms with Crippen LogP contribution in [0.25, 0.3) is 10.9 Å². The van der Waals surface area contributed by atoms with Crippen molar-refractivity contribution in [1.29, 1.82) is 0 Å². The van der Waals surface area contributed by atoms with Crippen LogP contribution in [-0.4, -0.2) is 24.2 Å². The van der Waals surface area contributed by atoms with Crippen LogP contribution in [0.4, 0.5) is 0 Å². The molecule has 0 saturated heterocycles. The standard InChI is InChI=1S/C17H24N2O/c1-3-7-15(12-18-10-4-2)20-16-11-14-8-5-6-9-17(14)19-13-16/h5-6,8-9,11,13,15,18H,3-4,7,10,12H2,1-2H3. The van der Waals surface area contributed by atoms with Gasteiger partial charge in [-0.25, -0.2) is 0 Å². The Labute approximate surface area is 121 Å². The summed E-state index contributed by atoms with van der Waals surface area (Å²) in [6.07, 6.45) is 5.37. The molecular formula is C17H24N2O. The summed E-state index contributed by atoms with van der Waals surface area (Å²) in [5.41, 5.74) is 1.01. The van der Waals surface area contributed by atoms with Crippen molar-refractivity contribution >= 4 is 10.9 Å². The minimum Gasteiger partial charge on any atom is -0.487 e. The molecular weight excluding hydrogens is 248 g/mol. The second kappa shape index (κ2) is 7.85. The summed E-state index contributed by atoms with van der Waals surface area (Å²) >= 11 is 0. The molecule has 1 heterocycles. The van der Waals surface area contributed by atoms with Gasteiger partial charge in [-0.15, -0.1) is 0 Å². The molecule has 0 spiro atoms. The average molecular weight is 272 g/mol. The summed E-state index contributed by atoms with van der Waals surface area (Å²) < 4.78 is 6.08. The van der Waals surface area contributed by atoms with E-state index in [1.165, 1.54) is 0 Å². The van der Waals surface area contributed by atoms with E-state index in [0.29, 0.717) is 0 Å².